The zero-order valence-corrected chi connectivity index (χ0v) is 18.3. The number of halogens is 1. The van der Waals surface area contributed by atoms with Gasteiger partial charge in [0, 0.05) is 31.7 Å². The second-order valence-corrected chi connectivity index (χ2v) is 9.51. The van der Waals surface area contributed by atoms with E-state index in [9.17, 15) is 18.0 Å². The van der Waals surface area contributed by atoms with Gasteiger partial charge >= 0.3 is 0 Å². The Morgan fingerprint density at radius 3 is 2.73 bits per heavy atom. The average Bonchev–Trinajstić information content (AvgIpc) is 2.86. The molecule has 30 heavy (non-hydrogen) atoms. The van der Waals surface area contributed by atoms with Crippen LogP contribution in [0.2, 0.25) is 5.02 Å². The van der Waals surface area contributed by atoms with Crippen LogP contribution < -0.4 is 9.47 Å². The second kappa shape index (κ2) is 8.61. The van der Waals surface area contributed by atoms with Crippen LogP contribution in [-0.4, -0.2) is 57.8 Å². The van der Waals surface area contributed by atoms with Gasteiger partial charge in [-0.3, -0.25) is 9.59 Å². The Hall–Kier alpha value is -2.65. The van der Waals surface area contributed by atoms with E-state index < -0.39 is 21.5 Å². The maximum Gasteiger partial charge on any atom is 0.229 e. The number of pyridine rings is 1. The Kier molecular flexibility index (Phi) is 6.33. The molecule has 1 amide bonds. The minimum atomic E-state index is -3.83. The van der Waals surface area contributed by atoms with Crippen LogP contribution in [0.3, 0.4) is 0 Å². The lowest BCUT2D eigenvalue weighted by molar-refractivity contribution is -0.133. The number of amides is 1. The van der Waals surface area contributed by atoms with Crippen molar-refractivity contribution in [2.45, 2.75) is 17.1 Å². The molecule has 0 aliphatic carbocycles. The summed E-state index contributed by atoms with van der Waals surface area (Å²) < 4.78 is 36.6. The van der Waals surface area contributed by atoms with Crippen LogP contribution in [0.15, 0.2) is 35.4 Å². The molecule has 0 fully saturated rings. The van der Waals surface area contributed by atoms with Crippen molar-refractivity contribution in [3.63, 3.8) is 0 Å². The predicted molar refractivity (Wildman–Crippen MR) is 110 cm³/mol. The van der Waals surface area contributed by atoms with Gasteiger partial charge in [-0.2, -0.15) is 0 Å². The normalized spacial score (nSPS) is 16.3. The lowest BCUT2D eigenvalue weighted by atomic mass is 9.99. The molecule has 3 rings (SSSR count). The second-order valence-electron chi connectivity index (χ2n) is 7.12. The summed E-state index contributed by atoms with van der Waals surface area (Å²) in [6, 6.07) is 5.77. The van der Waals surface area contributed by atoms with Crippen molar-refractivity contribution in [2.24, 2.45) is 5.92 Å². The van der Waals surface area contributed by atoms with Crippen molar-refractivity contribution in [1.82, 2.24) is 9.88 Å². The Morgan fingerprint density at radius 1 is 1.33 bits per heavy atom. The van der Waals surface area contributed by atoms with Gasteiger partial charge in [-0.15, -0.1) is 0 Å². The van der Waals surface area contributed by atoms with E-state index in [2.05, 4.69) is 4.98 Å². The molecule has 0 N–H and O–H groups in total. The zero-order valence-electron chi connectivity index (χ0n) is 16.7. The molecule has 2 aromatic rings. The molecule has 0 saturated carbocycles. The largest absolute Gasteiger partial charge is 0.495 e. The fraction of sp³-hybridized carbons (Fsp3) is 0.350. The van der Waals surface area contributed by atoms with Gasteiger partial charge in [-0.1, -0.05) is 11.6 Å². The molecule has 1 unspecified atom stereocenters. The van der Waals surface area contributed by atoms with E-state index in [-0.39, 0.29) is 51.8 Å². The van der Waals surface area contributed by atoms with E-state index in [1.54, 1.807) is 14.1 Å². The number of benzene rings is 1. The summed E-state index contributed by atoms with van der Waals surface area (Å²) in [6.45, 7) is 0.0279. The van der Waals surface area contributed by atoms with Crippen molar-refractivity contribution < 1.29 is 27.5 Å². The minimum Gasteiger partial charge on any atom is -0.495 e. The quantitative estimate of drug-likeness (QED) is 0.686. The number of aromatic nitrogens is 1. The topological polar surface area (TPSA) is 103 Å². The Labute approximate surface area is 179 Å². The fourth-order valence-corrected chi connectivity index (χ4v) is 4.93. The summed E-state index contributed by atoms with van der Waals surface area (Å²) in [6.07, 6.45) is 1.30. The van der Waals surface area contributed by atoms with Crippen LogP contribution >= 0.6 is 11.6 Å². The van der Waals surface area contributed by atoms with Crippen LogP contribution in [0.4, 0.5) is 0 Å². The van der Waals surface area contributed by atoms with E-state index >= 15 is 0 Å². The van der Waals surface area contributed by atoms with E-state index in [1.807, 2.05) is 0 Å². The predicted octanol–water partition coefficient (Wildman–Crippen LogP) is 2.39. The lowest BCUT2D eigenvalue weighted by Gasteiger charge is -2.17. The van der Waals surface area contributed by atoms with Crippen molar-refractivity contribution in [2.75, 3.05) is 27.8 Å². The molecule has 0 bridgehead atoms. The first-order valence-electron chi connectivity index (χ1n) is 9.04. The lowest BCUT2D eigenvalue weighted by Crippen LogP contribution is -2.33. The van der Waals surface area contributed by atoms with Crippen LogP contribution in [0.5, 0.6) is 11.6 Å². The molecule has 1 aromatic carbocycles. The number of carbonyl (C=O) groups excluding carboxylic acids is 2. The molecule has 160 valence electrons. The molecule has 10 heteroatoms. The molecule has 0 radical (unpaired) electrons. The van der Waals surface area contributed by atoms with Crippen molar-refractivity contribution in [1.29, 1.82) is 0 Å². The molecule has 2 heterocycles. The maximum atomic E-state index is 12.9. The molecule has 0 spiro atoms. The first kappa shape index (κ1) is 22.0. The third kappa shape index (κ3) is 4.57. The number of nitrogens with zero attached hydrogens (tertiary/aromatic N) is 2. The van der Waals surface area contributed by atoms with Gasteiger partial charge < -0.3 is 14.4 Å². The number of carbonyl (C=O) groups is 2. The van der Waals surface area contributed by atoms with Crippen LogP contribution in [0.1, 0.15) is 22.3 Å². The monoisotopic (exact) mass is 452 g/mol. The number of ether oxygens (including phenoxy) is 2. The standard InChI is InChI=1S/C20H21ClN2O6S/c1-23(2)20(25)13-7-16(24)15-6-12(9-22-19(15)29-10-13)11-30(26,27)18-8-14(21)4-5-17(18)28-3/h4-6,8-9,13H,7,10-11H2,1-3H3. The SMILES string of the molecule is COc1ccc(Cl)cc1S(=O)(=O)Cc1cnc2c(c1)C(=O)CC(C(=O)N(C)C)CO2. The molecule has 8 nitrogen and oxygen atoms in total. The third-order valence-corrected chi connectivity index (χ3v) is 6.61. The third-order valence-electron chi connectivity index (χ3n) is 4.67. The van der Waals surface area contributed by atoms with Gasteiger partial charge in [0.05, 0.1) is 24.3 Å². The van der Waals surface area contributed by atoms with Crippen LogP contribution in [0.25, 0.3) is 0 Å². The fourth-order valence-electron chi connectivity index (χ4n) is 3.18. The minimum absolute atomic E-state index is 0.0279. The molecule has 1 aliphatic rings. The highest BCUT2D eigenvalue weighted by Crippen LogP contribution is 2.31. The van der Waals surface area contributed by atoms with E-state index in [0.29, 0.717) is 5.56 Å². The van der Waals surface area contributed by atoms with Crippen molar-refractivity contribution in [3.8, 4) is 11.6 Å². The Morgan fingerprint density at radius 2 is 2.07 bits per heavy atom. The molecular weight excluding hydrogens is 432 g/mol. The number of hydrogen-bond acceptors (Lipinski definition) is 7. The highest BCUT2D eigenvalue weighted by molar-refractivity contribution is 7.90. The van der Waals surface area contributed by atoms with Gasteiger partial charge in [0.25, 0.3) is 0 Å². The summed E-state index contributed by atoms with van der Waals surface area (Å²) in [5.41, 5.74) is 0.472. The Bertz CT molecular complexity index is 1100. The molecule has 1 aromatic heterocycles. The number of rotatable bonds is 5. The smallest absolute Gasteiger partial charge is 0.229 e. The van der Waals surface area contributed by atoms with Crippen molar-refractivity contribution in [3.05, 3.63) is 46.6 Å². The first-order valence-corrected chi connectivity index (χ1v) is 11.1. The maximum absolute atomic E-state index is 12.9. The molecule has 1 atom stereocenters. The molecule has 1 aliphatic heterocycles. The summed E-state index contributed by atoms with van der Waals surface area (Å²) in [5.74, 6) is -1.30. The number of methoxy groups -OCH3 is 1. The van der Waals surface area contributed by atoms with E-state index in [4.69, 9.17) is 21.1 Å². The van der Waals surface area contributed by atoms with Crippen molar-refractivity contribution >= 4 is 33.1 Å². The summed E-state index contributed by atoms with van der Waals surface area (Å²) >= 11 is 5.95. The molecular formula is C20H21ClN2O6S. The van der Waals surface area contributed by atoms with Gasteiger partial charge in [0.15, 0.2) is 15.6 Å². The van der Waals surface area contributed by atoms with Gasteiger partial charge in [-0.25, -0.2) is 13.4 Å². The zero-order chi connectivity index (χ0) is 22.1. The number of sulfone groups is 1. The number of ketones is 1. The Balaban J connectivity index is 1.90. The van der Waals surface area contributed by atoms with Gasteiger partial charge in [0.2, 0.25) is 11.8 Å². The number of hydrogen-bond donors (Lipinski definition) is 0. The first-order chi connectivity index (χ1) is 14.1. The van der Waals surface area contributed by atoms with Crippen LogP contribution in [-0.2, 0) is 20.4 Å². The number of fused-ring (bicyclic) bond motifs is 1. The summed E-state index contributed by atoms with van der Waals surface area (Å²) in [4.78, 5) is 30.4. The number of Topliss-reactive ketones (excluding diaryl/α,β-unsaturated/α-hetero) is 1. The summed E-state index contributed by atoms with van der Waals surface area (Å²) in [5, 5.41) is 0.259. The van der Waals surface area contributed by atoms with Crippen LogP contribution in [0, 0.1) is 5.92 Å². The molecule has 0 saturated heterocycles. The van der Waals surface area contributed by atoms with E-state index in [0.717, 1.165) is 0 Å². The average molecular weight is 453 g/mol. The highest BCUT2D eigenvalue weighted by Gasteiger charge is 2.31. The van der Waals surface area contributed by atoms with Gasteiger partial charge in [-0.05, 0) is 29.8 Å². The highest BCUT2D eigenvalue weighted by atomic mass is 35.5. The summed E-state index contributed by atoms with van der Waals surface area (Å²) in [7, 11) is 0.754. The van der Waals surface area contributed by atoms with Gasteiger partial charge in [0.1, 0.15) is 17.3 Å². The van der Waals surface area contributed by atoms with E-state index in [1.165, 1.54) is 42.5 Å².